The number of aliphatic hydroxyl groups is 1. The summed E-state index contributed by atoms with van der Waals surface area (Å²) in [7, 11) is -9.93. The fourth-order valence-electron chi connectivity index (χ4n) is 13.7. The van der Waals surface area contributed by atoms with Crippen LogP contribution in [0.4, 0.5) is 0 Å². The molecule has 0 heterocycles. The number of rotatable bonds is 86. The van der Waals surface area contributed by atoms with Crippen molar-refractivity contribution in [3.8, 4) is 0 Å². The Labute approximate surface area is 658 Å². The molecule has 0 bridgehead atoms. The molecule has 3 N–H and O–H groups in total. The summed E-state index contributed by atoms with van der Waals surface area (Å²) < 4.78 is 69.0. The molecule has 0 aromatic rings. The maximum absolute atomic E-state index is 13.2. The first-order valence-corrected chi connectivity index (χ1v) is 48.3. The zero-order chi connectivity index (χ0) is 78.6. The molecular formula is C88H172O17P2. The first-order chi connectivity index (χ1) is 51.7. The van der Waals surface area contributed by atoms with Crippen LogP contribution in [-0.4, -0.2) is 96.7 Å². The molecule has 0 fully saturated rings. The molecule has 0 aromatic carbocycles. The van der Waals surface area contributed by atoms with Crippen LogP contribution < -0.4 is 0 Å². The molecular weight excluding hydrogens is 1390 g/mol. The van der Waals surface area contributed by atoms with Gasteiger partial charge in [-0.3, -0.25) is 37.3 Å². The van der Waals surface area contributed by atoms with Crippen molar-refractivity contribution >= 4 is 39.5 Å². The largest absolute Gasteiger partial charge is 0.472 e. The molecule has 2 unspecified atom stereocenters. The van der Waals surface area contributed by atoms with Crippen molar-refractivity contribution in [2.45, 2.75) is 484 Å². The molecule has 19 heteroatoms. The third-order valence-corrected chi connectivity index (χ3v) is 22.5. The Hall–Kier alpha value is -1.94. The van der Waals surface area contributed by atoms with E-state index in [0.29, 0.717) is 31.6 Å². The second kappa shape index (κ2) is 78.0. The van der Waals surface area contributed by atoms with Crippen molar-refractivity contribution in [1.82, 2.24) is 0 Å². The van der Waals surface area contributed by atoms with E-state index in [0.717, 1.165) is 108 Å². The van der Waals surface area contributed by atoms with Crippen molar-refractivity contribution in [3.63, 3.8) is 0 Å². The standard InChI is InChI=1S/C88H172O17P2/c1-8-9-10-11-12-13-14-15-16-17-18-19-27-32-37-42-49-57-64-72-88(93)105-84(76-99-86(91)70-63-56-51-44-47-54-61-68-81(6)7)78-103-107(96,97)101-74-82(89)73-100-106(94,95)102-77-83(104-87(92)71-65-58-50-43-38-33-28-23-21-25-30-35-40-46-53-60-67-80(4)5)75-98-85(90)69-62-55-48-41-36-31-26-22-20-24-29-34-39-45-52-59-66-79(2)3/h79-84,89H,8-78H2,1-7H3,(H,94,95)(H,96,97)/t82-,83-,84-/m1/s1. The lowest BCUT2D eigenvalue weighted by Gasteiger charge is -2.21. The van der Waals surface area contributed by atoms with Gasteiger partial charge in [0, 0.05) is 25.7 Å². The Morgan fingerprint density at radius 3 is 0.636 bits per heavy atom. The number of hydrogen-bond acceptors (Lipinski definition) is 15. The van der Waals surface area contributed by atoms with Gasteiger partial charge in [-0.25, -0.2) is 9.13 Å². The van der Waals surface area contributed by atoms with Gasteiger partial charge in [0.1, 0.15) is 19.3 Å². The van der Waals surface area contributed by atoms with Crippen LogP contribution in [0.15, 0.2) is 0 Å². The molecule has 0 aliphatic heterocycles. The Bertz CT molecular complexity index is 2060. The maximum atomic E-state index is 13.2. The molecule has 0 amide bonds. The highest BCUT2D eigenvalue weighted by Gasteiger charge is 2.31. The Kier molecular flexibility index (Phi) is 76.6. The average molecular weight is 1560 g/mol. The van der Waals surface area contributed by atoms with Gasteiger partial charge >= 0.3 is 39.5 Å². The van der Waals surface area contributed by atoms with E-state index in [4.69, 9.17) is 37.0 Å². The highest BCUT2D eigenvalue weighted by Crippen LogP contribution is 2.45. The summed E-state index contributed by atoms with van der Waals surface area (Å²) >= 11 is 0. The zero-order valence-corrected chi connectivity index (χ0v) is 72.4. The maximum Gasteiger partial charge on any atom is 0.472 e. The minimum absolute atomic E-state index is 0.108. The molecule has 17 nitrogen and oxygen atoms in total. The van der Waals surface area contributed by atoms with Crippen molar-refractivity contribution in [2.24, 2.45) is 17.8 Å². The summed E-state index contributed by atoms with van der Waals surface area (Å²) in [6.07, 6.45) is 69.6. The van der Waals surface area contributed by atoms with E-state index >= 15 is 0 Å². The summed E-state index contributed by atoms with van der Waals surface area (Å²) in [6, 6.07) is 0. The second-order valence-corrected chi connectivity index (χ2v) is 36.0. The van der Waals surface area contributed by atoms with Crippen LogP contribution in [0.25, 0.3) is 0 Å². The summed E-state index contributed by atoms with van der Waals surface area (Å²) in [4.78, 5) is 73.3. The molecule has 0 aromatic heterocycles. The van der Waals surface area contributed by atoms with Gasteiger partial charge in [0.25, 0.3) is 0 Å². The lowest BCUT2D eigenvalue weighted by Crippen LogP contribution is -2.30. The van der Waals surface area contributed by atoms with Crippen LogP contribution in [0.1, 0.15) is 466 Å². The van der Waals surface area contributed by atoms with Crippen molar-refractivity contribution < 1.29 is 80.2 Å². The minimum Gasteiger partial charge on any atom is -0.462 e. The Morgan fingerprint density at radius 2 is 0.430 bits per heavy atom. The molecule has 0 aliphatic carbocycles. The third-order valence-electron chi connectivity index (χ3n) is 20.6. The highest BCUT2D eigenvalue weighted by molar-refractivity contribution is 7.47. The fourth-order valence-corrected chi connectivity index (χ4v) is 15.3. The van der Waals surface area contributed by atoms with Crippen LogP contribution in [0.5, 0.6) is 0 Å². The number of aliphatic hydroxyl groups excluding tert-OH is 1. The van der Waals surface area contributed by atoms with Crippen LogP contribution in [0.3, 0.4) is 0 Å². The zero-order valence-electron chi connectivity index (χ0n) is 70.6. The first kappa shape index (κ1) is 105. The van der Waals surface area contributed by atoms with Crippen LogP contribution >= 0.6 is 15.6 Å². The molecule has 5 atom stereocenters. The Morgan fingerprint density at radius 1 is 0.252 bits per heavy atom. The number of ether oxygens (including phenoxy) is 4. The highest BCUT2D eigenvalue weighted by atomic mass is 31.2. The molecule has 0 spiro atoms. The third kappa shape index (κ3) is 81.9. The quantitative estimate of drug-likeness (QED) is 0.0222. The van der Waals surface area contributed by atoms with Gasteiger partial charge in [-0.2, -0.15) is 0 Å². The predicted molar refractivity (Wildman–Crippen MR) is 441 cm³/mol. The second-order valence-electron chi connectivity index (χ2n) is 33.1. The summed E-state index contributed by atoms with van der Waals surface area (Å²) in [5, 5.41) is 10.7. The van der Waals surface area contributed by atoms with E-state index in [1.54, 1.807) is 0 Å². The lowest BCUT2D eigenvalue weighted by molar-refractivity contribution is -0.161. The van der Waals surface area contributed by atoms with Gasteiger partial charge in [-0.05, 0) is 43.4 Å². The van der Waals surface area contributed by atoms with Gasteiger partial charge in [-0.1, -0.05) is 414 Å². The Balaban J connectivity index is 5.22. The normalized spacial score (nSPS) is 13.8. The topological polar surface area (TPSA) is 237 Å². The molecule has 636 valence electrons. The van der Waals surface area contributed by atoms with Crippen molar-refractivity contribution in [3.05, 3.63) is 0 Å². The van der Waals surface area contributed by atoms with E-state index in [2.05, 4.69) is 48.5 Å². The van der Waals surface area contributed by atoms with Gasteiger partial charge in [-0.15, -0.1) is 0 Å². The monoisotopic (exact) mass is 1560 g/mol. The number of hydrogen-bond donors (Lipinski definition) is 3. The van der Waals surface area contributed by atoms with Gasteiger partial charge in [0.15, 0.2) is 12.2 Å². The number of esters is 4. The molecule has 0 rings (SSSR count). The lowest BCUT2D eigenvalue weighted by atomic mass is 10.0. The van der Waals surface area contributed by atoms with E-state index in [9.17, 15) is 43.2 Å². The van der Waals surface area contributed by atoms with Crippen LogP contribution in [0, 0.1) is 17.8 Å². The first-order valence-electron chi connectivity index (χ1n) is 45.3. The van der Waals surface area contributed by atoms with E-state index in [-0.39, 0.29) is 25.7 Å². The number of carbonyl (C=O) groups excluding carboxylic acids is 4. The number of carbonyl (C=O) groups is 4. The summed E-state index contributed by atoms with van der Waals surface area (Å²) in [6.45, 7) is 12.0. The van der Waals surface area contributed by atoms with Gasteiger partial charge in [0.05, 0.1) is 26.4 Å². The van der Waals surface area contributed by atoms with E-state index in [1.165, 1.54) is 270 Å². The van der Waals surface area contributed by atoms with Crippen LogP contribution in [-0.2, 0) is 65.4 Å². The predicted octanol–water partition coefficient (Wildman–Crippen LogP) is 26.9. The van der Waals surface area contributed by atoms with Crippen LogP contribution in [0.2, 0.25) is 0 Å². The van der Waals surface area contributed by atoms with Crippen molar-refractivity contribution in [2.75, 3.05) is 39.6 Å². The molecule has 0 saturated heterocycles. The molecule has 0 saturated carbocycles. The van der Waals surface area contributed by atoms with E-state index < -0.39 is 97.5 Å². The van der Waals surface area contributed by atoms with E-state index in [1.807, 2.05) is 0 Å². The smallest absolute Gasteiger partial charge is 0.462 e. The van der Waals surface area contributed by atoms with Crippen molar-refractivity contribution in [1.29, 1.82) is 0 Å². The summed E-state index contributed by atoms with van der Waals surface area (Å²) in [5.74, 6) is 0.224. The number of phosphoric acid groups is 2. The average Bonchev–Trinajstić information content (AvgIpc) is 0.902. The molecule has 107 heavy (non-hydrogen) atoms. The fraction of sp³-hybridized carbons (Fsp3) is 0.955. The molecule has 0 radical (unpaired) electrons. The molecule has 0 aliphatic rings. The number of unbranched alkanes of at least 4 members (excludes halogenated alkanes) is 54. The summed E-state index contributed by atoms with van der Waals surface area (Å²) in [5.41, 5.74) is 0. The minimum atomic E-state index is -4.97. The van der Waals surface area contributed by atoms with Gasteiger partial charge < -0.3 is 33.8 Å². The van der Waals surface area contributed by atoms with Gasteiger partial charge in [0.2, 0.25) is 0 Å². The SMILES string of the molecule is CCCCCCCCCCCCCCCCCCCCCC(=O)O[C@H](COC(=O)CCCCCCCCCC(C)C)COP(=O)(O)OC[C@H](O)COP(=O)(O)OC[C@@H](COC(=O)CCCCCCCCCCCCCCCCCCC(C)C)OC(=O)CCCCCCCCCCCCCCCCCCC(C)C. The number of phosphoric ester groups is 2.